The van der Waals surface area contributed by atoms with Crippen molar-refractivity contribution >= 4 is 11.8 Å². The second kappa shape index (κ2) is 6.97. The second-order valence-corrected chi connectivity index (χ2v) is 4.47. The Labute approximate surface area is 108 Å². The lowest BCUT2D eigenvalue weighted by atomic mass is 9.95. The Morgan fingerprint density at radius 2 is 2.11 bits per heavy atom. The second-order valence-electron chi connectivity index (χ2n) is 4.47. The van der Waals surface area contributed by atoms with Crippen LogP contribution in [0.4, 0.5) is 0 Å². The molecule has 0 aromatic heterocycles. The van der Waals surface area contributed by atoms with E-state index in [2.05, 4.69) is 17.3 Å². The van der Waals surface area contributed by atoms with E-state index >= 15 is 0 Å². The lowest BCUT2D eigenvalue weighted by molar-refractivity contribution is 0.104. The number of nitrogens with zero attached hydrogens (tertiary/aromatic N) is 1. The lowest BCUT2D eigenvalue weighted by Crippen LogP contribution is -2.28. The molecule has 1 aromatic carbocycles. The Morgan fingerprint density at radius 1 is 1.28 bits per heavy atom. The maximum atomic E-state index is 8.89. The molecule has 2 rings (SSSR count). The minimum atomic E-state index is -0.0100. The highest BCUT2D eigenvalue weighted by Crippen LogP contribution is 2.18. The van der Waals surface area contributed by atoms with Crippen molar-refractivity contribution in [3.63, 3.8) is 0 Å². The van der Waals surface area contributed by atoms with E-state index in [0.29, 0.717) is 6.61 Å². The Morgan fingerprint density at radius 3 is 2.89 bits per heavy atom. The van der Waals surface area contributed by atoms with Crippen LogP contribution in [0, 0.1) is 0 Å². The van der Waals surface area contributed by atoms with Gasteiger partial charge in [-0.25, -0.2) is 0 Å². The van der Waals surface area contributed by atoms with E-state index in [4.69, 9.17) is 9.94 Å². The van der Waals surface area contributed by atoms with Crippen LogP contribution in [-0.4, -0.2) is 23.6 Å². The smallest absolute Gasteiger partial charge is 0.0993 e. The van der Waals surface area contributed by atoms with Gasteiger partial charge in [-0.05, 0) is 24.8 Å². The number of hydrogen-bond acceptors (Lipinski definition) is 3. The Bertz CT molecular complexity index is 412. The van der Waals surface area contributed by atoms with Crippen molar-refractivity contribution in [2.75, 3.05) is 6.61 Å². The van der Waals surface area contributed by atoms with E-state index in [1.807, 2.05) is 30.4 Å². The average molecular weight is 245 g/mol. The summed E-state index contributed by atoms with van der Waals surface area (Å²) in [4.78, 5) is 0. The van der Waals surface area contributed by atoms with Crippen molar-refractivity contribution < 1.29 is 9.94 Å². The van der Waals surface area contributed by atoms with Crippen LogP contribution < -0.4 is 0 Å². The van der Waals surface area contributed by atoms with Gasteiger partial charge in [-0.1, -0.05) is 54.1 Å². The fourth-order valence-corrected chi connectivity index (χ4v) is 2.18. The van der Waals surface area contributed by atoms with Crippen molar-refractivity contribution in [3.05, 3.63) is 42.0 Å². The maximum Gasteiger partial charge on any atom is 0.0993 e. The van der Waals surface area contributed by atoms with Gasteiger partial charge in [-0.2, -0.15) is 0 Å². The van der Waals surface area contributed by atoms with E-state index in [1.165, 1.54) is 5.56 Å². The Hall–Kier alpha value is -1.61. The molecule has 1 saturated carbocycles. The zero-order valence-corrected chi connectivity index (χ0v) is 10.5. The van der Waals surface area contributed by atoms with E-state index < -0.39 is 0 Å². The van der Waals surface area contributed by atoms with Crippen molar-refractivity contribution in [3.8, 4) is 0 Å². The third-order valence-corrected chi connectivity index (χ3v) is 3.15. The number of hydrogen-bond donors (Lipinski definition) is 1. The molecule has 3 heteroatoms. The number of benzene rings is 1. The number of ether oxygens (including phenoxy) is 1. The summed E-state index contributed by atoms with van der Waals surface area (Å²) in [6.45, 7) is 0.554. The summed E-state index contributed by atoms with van der Waals surface area (Å²) < 4.78 is 5.73. The van der Waals surface area contributed by atoms with Gasteiger partial charge >= 0.3 is 0 Å². The monoisotopic (exact) mass is 245 g/mol. The molecule has 0 bridgehead atoms. The molecule has 1 aliphatic rings. The van der Waals surface area contributed by atoms with Gasteiger partial charge in [-0.15, -0.1) is 0 Å². The molecule has 0 spiro atoms. The van der Waals surface area contributed by atoms with Crippen LogP contribution in [-0.2, 0) is 4.74 Å². The minimum Gasteiger partial charge on any atom is -0.411 e. The Balaban J connectivity index is 1.79. The SMILES string of the molecule is O/N=C1\CCCCC1OC/C=C/c1ccccc1. The van der Waals surface area contributed by atoms with Crippen molar-refractivity contribution in [1.29, 1.82) is 0 Å². The maximum absolute atomic E-state index is 8.89. The molecule has 3 nitrogen and oxygen atoms in total. The first-order chi connectivity index (χ1) is 8.90. The molecule has 1 aliphatic carbocycles. The predicted molar refractivity (Wildman–Crippen MR) is 72.9 cm³/mol. The molecule has 1 N–H and O–H groups in total. The standard InChI is InChI=1S/C15H19NO2/c17-16-14-10-4-5-11-15(14)18-12-6-9-13-7-2-1-3-8-13/h1-3,6-9,15,17H,4-5,10-12H2/b9-6+,16-14+. The van der Waals surface area contributed by atoms with Crippen LogP contribution in [0.5, 0.6) is 0 Å². The summed E-state index contributed by atoms with van der Waals surface area (Å²) in [5.74, 6) is 0. The summed E-state index contributed by atoms with van der Waals surface area (Å²) >= 11 is 0. The van der Waals surface area contributed by atoms with Gasteiger partial charge in [0.1, 0.15) is 0 Å². The molecule has 1 fully saturated rings. The van der Waals surface area contributed by atoms with Gasteiger partial charge in [0.05, 0.1) is 18.4 Å². The largest absolute Gasteiger partial charge is 0.411 e. The van der Waals surface area contributed by atoms with Gasteiger partial charge in [0, 0.05) is 0 Å². The van der Waals surface area contributed by atoms with E-state index in [0.717, 1.165) is 31.4 Å². The zero-order chi connectivity index (χ0) is 12.6. The van der Waals surface area contributed by atoms with Gasteiger partial charge in [0.2, 0.25) is 0 Å². The van der Waals surface area contributed by atoms with Crippen LogP contribution in [0.25, 0.3) is 6.08 Å². The van der Waals surface area contributed by atoms with Crippen LogP contribution in [0.3, 0.4) is 0 Å². The number of rotatable bonds is 4. The fourth-order valence-electron chi connectivity index (χ4n) is 2.18. The Kier molecular flexibility index (Phi) is 4.97. The summed E-state index contributed by atoms with van der Waals surface area (Å²) in [5.41, 5.74) is 1.95. The highest BCUT2D eigenvalue weighted by atomic mass is 16.5. The fraction of sp³-hybridized carbons (Fsp3) is 0.400. The molecule has 0 heterocycles. The van der Waals surface area contributed by atoms with Crippen LogP contribution >= 0.6 is 0 Å². The summed E-state index contributed by atoms with van der Waals surface area (Å²) in [5, 5.41) is 12.2. The quantitative estimate of drug-likeness (QED) is 0.651. The van der Waals surface area contributed by atoms with Gasteiger partial charge in [0.15, 0.2) is 0 Å². The first-order valence-corrected chi connectivity index (χ1v) is 6.44. The minimum absolute atomic E-state index is 0.0100. The van der Waals surface area contributed by atoms with Gasteiger partial charge in [0.25, 0.3) is 0 Å². The van der Waals surface area contributed by atoms with Crippen molar-refractivity contribution in [1.82, 2.24) is 0 Å². The number of oxime groups is 1. The van der Waals surface area contributed by atoms with Crippen LogP contribution in [0.15, 0.2) is 41.6 Å². The van der Waals surface area contributed by atoms with Gasteiger partial charge < -0.3 is 9.94 Å². The zero-order valence-electron chi connectivity index (χ0n) is 10.5. The summed E-state index contributed by atoms with van der Waals surface area (Å²) in [7, 11) is 0. The molecule has 0 aliphatic heterocycles. The topological polar surface area (TPSA) is 41.8 Å². The first-order valence-electron chi connectivity index (χ1n) is 6.44. The van der Waals surface area contributed by atoms with Crippen LogP contribution in [0.1, 0.15) is 31.2 Å². The molecule has 0 saturated heterocycles. The molecular formula is C15H19NO2. The first kappa shape index (κ1) is 12.8. The molecule has 18 heavy (non-hydrogen) atoms. The predicted octanol–water partition coefficient (Wildman–Crippen LogP) is 3.49. The molecular weight excluding hydrogens is 226 g/mol. The van der Waals surface area contributed by atoms with E-state index in [-0.39, 0.29) is 6.10 Å². The average Bonchev–Trinajstić information content (AvgIpc) is 2.45. The molecule has 96 valence electrons. The van der Waals surface area contributed by atoms with E-state index in [9.17, 15) is 0 Å². The van der Waals surface area contributed by atoms with Crippen molar-refractivity contribution in [2.24, 2.45) is 5.16 Å². The molecule has 0 radical (unpaired) electrons. The third kappa shape index (κ3) is 3.70. The normalized spacial score (nSPS) is 22.7. The third-order valence-electron chi connectivity index (χ3n) is 3.15. The molecule has 1 unspecified atom stereocenters. The lowest BCUT2D eigenvalue weighted by Gasteiger charge is -2.22. The summed E-state index contributed by atoms with van der Waals surface area (Å²) in [6.07, 6.45) is 8.08. The summed E-state index contributed by atoms with van der Waals surface area (Å²) in [6, 6.07) is 10.1. The highest BCUT2D eigenvalue weighted by molar-refractivity contribution is 5.88. The van der Waals surface area contributed by atoms with E-state index in [1.54, 1.807) is 0 Å². The molecule has 1 aromatic rings. The van der Waals surface area contributed by atoms with Crippen molar-refractivity contribution in [2.45, 2.75) is 31.8 Å². The van der Waals surface area contributed by atoms with Gasteiger partial charge in [-0.3, -0.25) is 0 Å². The van der Waals surface area contributed by atoms with Crippen LogP contribution in [0.2, 0.25) is 0 Å². The highest BCUT2D eigenvalue weighted by Gasteiger charge is 2.20. The molecule has 1 atom stereocenters. The molecule has 0 amide bonds.